The summed E-state index contributed by atoms with van der Waals surface area (Å²) in [5, 5.41) is 10.7. The van der Waals surface area contributed by atoms with Crippen LogP contribution in [0.4, 0.5) is 0 Å². The molecule has 0 saturated heterocycles. The van der Waals surface area contributed by atoms with Crippen LogP contribution in [0.5, 0.6) is 0 Å². The van der Waals surface area contributed by atoms with Crippen LogP contribution < -0.4 is 0 Å². The maximum absolute atomic E-state index is 10.7. The third-order valence-electron chi connectivity index (χ3n) is 6.12. The van der Waals surface area contributed by atoms with E-state index < -0.39 is 0 Å². The Balaban J connectivity index is 1.57. The lowest BCUT2D eigenvalue weighted by molar-refractivity contribution is -0.0794. The Morgan fingerprint density at radius 3 is 2.18 bits per heavy atom. The molecule has 1 N–H and O–H groups in total. The van der Waals surface area contributed by atoms with Gasteiger partial charge >= 0.3 is 0 Å². The minimum Gasteiger partial charge on any atom is -0.388 e. The zero-order chi connectivity index (χ0) is 11.4. The molecule has 1 nitrogen and oxygen atoms in total. The minimum absolute atomic E-state index is 0.0764. The number of hydrogen-bond acceptors (Lipinski definition) is 1. The van der Waals surface area contributed by atoms with Crippen LogP contribution in [0, 0.1) is 29.6 Å². The Morgan fingerprint density at radius 2 is 1.65 bits per heavy atom. The molecule has 4 saturated carbocycles. The van der Waals surface area contributed by atoms with Gasteiger partial charge in [-0.25, -0.2) is 0 Å². The van der Waals surface area contributed by atoms with E-state index in [0.717, 1.165) is 23.7 Å². The van der Waals surface area contributed by atoms with Crippen molar-refractivity contribution < 1.29 is 5.11 Å². The molecule has 5 rings (SSSR count). The highest BCUT2D eigenvalue weighted by Crippen LogP contribution is 2.58. The average molecular weight is 232 g/mol. The molecule has 0 aromatic heterocycles. The summed E-state index contributed by atoms with van der Waals surface area (Å²) in [6.07, 6.45) is 13.2. The second kappa shape index (κ2) is 3.85. The van der Waals surface area contributed by atoms with E-state index in [1.807, 2.05) is 0 Å². The zero-order valence-electron chi connectivity index (χ0n) is 10.6. The predicted octanol–water partition coefficient (Wildman–Crippen LogP) is 3.53. The lowest BCUT2D eigenvalue weighted by Crippen LogP contribution is -2.49. The highest BCUT2D eigenvalue weighted by Gasteiger charge is 2.50. The number of allylic oxidation sites excluding steroid dienone is 1. The van der Waals surface area contributed by atoms with Crippen LogP contribution in [0.2, 0.25) is 0 Å². The summed E-state index contributed by atoms with van der Waals surface area (Å²) in [5.74, 6) is 4.41. The van der Waals surface area contributed by atoms with Gasteiger partial charge in [0.1, 0.15) is 0 Å². The fourth-order valence-electron chi connectivity index (χ4n) is 5.69. The Labute approximate surface area is 104 Å². The normalized spacial score (nSPS) is 49.5. The van der Waals surface area contributed by atoms with Gasteiger partial charge in [-0.1, -0.05) is 6.08 Å². The zero-order valence-corrected chi connectivity index (χ0v) is 10.6. The third kappa shape index (κ3) is 1.62. The van der Waals surface area contributed by atoms with E-state index in [4.69, 9.17) is 0 Å². The van der Waals surface area contributed by atoms with Crippen LogP contribution in [-0.4, -0.2) is 11.2 Å². The third-order valence-corrected chi connectivity index (χ3v) is 6.12. The van der Waals surface area contributed by atoms with Gasteiger partial charge in [0.25, 0.3) is 0 Å². The standard InChI is InChI=1S/C16H24O/c17-16(12-3-1-2-4-12)15-13-6-10-5-11(8-13)9-14(15)7-10/h3,10-11,13-17H,1-2,4-9H2. The second-order valence-corrected chi connectivity index (χ2v) is 7.12. The van der Waals surface area contributed by atoms with Crippen LogP contribution in [0.3, 0.4) is 0 Å². The summed E-state index contributed by atoms with van der Waals surface area (Å²) in [6.45, 7) is 0. The molecule has 5 aliphatic rings. The molecule has 0 radical (unpaired) electrons. The molecule has 1 unspecified atom stereocenters. The Bertz CT molecular complexity index is 315. The van der Waals surface area contributed by atoms with Crippen molar-refractivity contribution in [3.63, 3.8) is 0 Å². The van der Waals surface area contributed by atoms with Crippen molar-refractivity contribution in [2.45, 2.75) is 57.5 Å². The molecule has 0 spiro atoms. The summed E-state index contributed by atoms with van der Waals surface area (Å²) in [5.41, 5.74) is 1.39. The molecule has 4 bridgehead atoms. The Hall–Kier alpha value is -0.300. The smallest absolute Gasteiger partial charge is 0.0783 e. The number of aliphatic hydroxyl groups excluding tert-OH is 1. The summed E-state index contributed by atoms with van der Waals surface area (Å²) in [7, 11) is 0. The minimum atomic E-state index is -0.0764. The van der Waals surface area contributed by atoms with Gasteiger partial charge in [0.05, 0.1) is 6.10 Å². The molecule has 94 valence electrons. The van der Waals surface area contributed by atoms with Crippen LogP contribution in [-0.2, 0) is 0 Å². The second-order valence-electron chi connectivity index (χ2n) is 7.12. The number of hydrogen-bond donors (Lipinski definition) is 1. The molecule has 0 aromatic carbocycles. The fourth-order valence-corrected chi connectivity index (χ4v) is 5.69. The van der Waals surface area contributed by atoms with Crippen molar-refractivity contribution in [3.05, 3.63) is 11.6 Å². The first-order chi connectivity index (χ1) is 8.31. The number of rotatable bonds is 2. The molecular formula is C16H24O. The topological polar surface area (TPSA) is 20.2 Å². The summed E-state index contributed by atoms with van der Waals surface area (Å²) in [4.78, 5) is 0. The van der Waals surface area contributed by atoms with Crippen LogP contribution in [0.25, 0.3) is 0 Å². The highest BCUT2D eigenvalue weighted by atomic mass is 16.3. The Morgan fingerprint density at radius 1 is 1.00 bits per heavy atom. The van der Waals surface area contributed by atoms with E-state index in [1.54, 1.807) is 0 Å². The number of aliphatic hydroxyl groups is 1. The molecule has 0 heterocycles. The molecule has 1 atom stereocenters. The van der Waals surface area contributed by atoms with Gasteiger partial charge in [0.15, 0.2) is 0 Å². The molecule has 5 aliphatic carbocycles. The molecular weight excluding hydrogens is 208 g/mol. The van der Waals surface area contributed by atoms with E-state index in [2.05, 4.69) is 6.08 Å². The quantitative estimate of drug-likeness (QED) is 0.722. The maximum atomic E-state index is 10.7. The lowest BCUT2D eigenvalue weighted by atomic mass is 9.50. The van der Waals surface area contributed by atoms with Crippen LogP contribution in [0.15, 0.2) is 11.6 Å². The summed E-state index contributed by atoms with van der Waals surface area (Å²) in [6, 6.07) is 0. The van der Waals surface area contributed by atoms with Gasteiger partial charge in [-0.15, -0.1) is 0 Å². The van der Waals surface area contributed by atoms with Crippen LogP contribution >= 0.6 is 0 Å². The Kier molecular flexibility index (Phi) is 2.40. The van der Waals surface area contributed by atoms with Crippen molar-refractivity contribution in [1.29, 1.82) is 0 Å². The summed E-state index contributed by atoms with van der Waals surface area (Å²) < 4.78 is 0. The van der Waals surface area contributed by atoms with Crippen molar-refractivity contribution >= 4 is 0 Å². The molecule has 4 fully saturated rings. The van der Waals surface area contributed by atoms with Crippen molar-refractivity contribution in [2.24, 2.45) is 29.6 Å². The van der Waals surface area contributed by atoms with E-state index in [-0.39, 0.29) is 6.10 Å². The van der Waals surface area contributed by atoms with Gasteiger partial charge in [0, 0.05) is 0 Å². The van der Waals surface area contributed by atoms with Gasteiger partial charge in [-0.2, -0.15) is 0 Å². The molecule has 1 heteroatoms. The van der Waals surface area contributed by atoms with Crippen molar-refractivity contribution in [3.8, 4) is 0 Å². The molecule has 17 heavy (non-hydrogen) atoms. The summed E-state index contributed by atoms with van der Waals surface area (Å²) >= 11 is 0. The van der Waals surface area contributed by atoms with E-state index in [1.165, 1.54) is 56.9 Å². The van der Waals surface area contributed by atoms with Gasteiger partial charge < -0.3 is 5.11 Å². The largest absolute Gasteiger partial charge is 0.388 e. The van der Waals surface area contributed by atoms with Gasteiger partial charge in [-0.05, 0) is 86.5 Å². The molecule has 0 amide bonds. The van der Waals surface area contributed by atoms with E-state index in [0.29, 0.717) is 5.92 Å². The van der Waals surface area contributed by atoms with Gasteiger partial charge in [0.2, 0.25) is 0 Å². The average Bonchev–Trinajstić information content (AvgIpc) is 2.80. The lowest BCUT2D eigenvalue weighted by Gasteiger charge is -2.55. The van der Waals surface area contributed by atoms with Crippen molar-refractivity contribution in [2.75, 3.05) is 0 Å². The fraction of sp³-hybridized carbons (Fsp3) is 0.875. The first-order valence-corrected chi connectivity index (χ1v) is 7.68. The predicted molar refractivity (Wildman–Crippen MR) is 68.5 cm³/mol. The molecule has 0 aliphatic heterocycles. The first-order valence-electron chi connectivity index (χ1n) is 7.68. The SMILES string of the molecule is OC(C1=CCCC1)C1C2CC3CC(C2)CC1C3. The monoisotopic (exact) mass is 232 g/mol. The highest BCUT2D eigenvalue weighted by molar-refractivity contribution is 5.16. The van der Waals surface area contributed by atoms with Crippen LogP contribution in [0.1, 0.15) is 51.4 Å². The van der Waals surface area contributed by atoms with E-state index >= 15 is 0 Å². The van der Waals surface area contributed by atoms with E-state index in [9.17, 15) is 5.11 Å². The van der Waals surface area contributed by atoms with Gasteiger partial charge in [-0.3, -0.25) is 0 Å². The van der Waals surface area contributed by atoms with Crippen molar-refractivity contribution in [1.82, 2.24) is 0 Å². The first kappa shape index (κ1) is 10.6. The maximum Gasteiger partial charge on any atom is 0.0783 e. The molecule has 0 aromatic rings.